The van der Waals surface area contributed by atoms with Gasteiger partial charge in [0.15, 0.2) is 0 Å². The Hall–Kier alpha value is -0.640. The van der Waals surface area contributed by atoms with E-state index in [1.807, 2.05) is 6.92 Å². The molecule has 0 spiro atoms. The van der Waals surface area contributed by atoms with Crippen molar-refractivity contribution in [1.82, 2.24) is 9.36 Å². The number of hydrogen-bond donors (Lipinski definition) is 1. The zero-order chi connectivity index (χ0) is 10.9. The van der Waals surface area contributed by atoms with Crippen LogP contribution in [0, 0.1) is 12.3 Å². The van der Waals surface area contributed by atoms with Gasteiger partial charge in [-0.2, -0.15) is 4.37 Å². The van der Waals surface area contributed by atoms with E-state index in [-0.39, 0.29) is 0 Å². The van der Waals surface area contributed by atoms with Gasteiger partial charge in [0.25, 0.3) is 0 Å². The zero-order valence-electron chi connectivity index (χ0n) is 9.71. The molecule has 0 unspecified atom stereocenters. The molecule has 0 radical (unpaired) electrons. The van der Waals surface area contributed by atoms with E-state index < -0.39 is 0 Å². The first-order chi connectivity index (χ1) is 7.05. The molecule has 15 heavy (non-hydrogen) atoms. The van der Waals surface area contributed by atoms with Crippen LogP contribution in [0.2, 0.25) is 0 Å². The molecule has 1 aromatic heterocycles. The molecule has 3 nitrogen and oxygen atoms in total. The molecule has 2 rings (SSSR count). The highest BCUT2D eigenvalue weighted by molar-refractivity contribution is 7.09. The Kier molecular flexibility index (Phi) is 2.96. The topological polar surface area (TPSA) is 37.8 Å². The van der Waals surface area contributed by atoms with E-state index in [1.165, 1.54) is 37.2 Å². The van der Waals surface area contributed by atoms with Crippen molar-refractivity contribution in [3.63, 3.8) is 0 Å². The summed E-state index contributed by atoms with van der Waals surface area (Å²) < 4.78 is 4.18. The number of aromatic nitrogens is 2. The van der Waals surface area contributed by atoms with E-state index in [0.29, 0.717) is 11.5 Å². The van der Waals surface area contributed by atoms with Gasteiger partial charge in [0.2, 0.25) is 5.13 Å². The van der Waals surface area contributed by atoms with Crippen molar-refractivity contribution in [3.05, 3.63) is 5.82 Å². The zero-order valence-corrected chi connectivity index (χ0v) is 10.5. The molecule has 0 amide bonds. The lowest BCUT2D eigenvalue weighted by atomic mass is 9.76. The van der Waals surface area contributed by atoms with Gasteiger partial charge in [-0.05, 0) is 38.0 Å². The molecule has 0 aliphatic heterocycles. The number of nitrogens with one attached hydrogen (secondary N) is 1. The molecule has 0 bridgehead atoms. The highest BCUT2D eigenvalue weighted by Gasteiger charge is 2.26. The van der Waals surface area contributed by atoms with Crippen molar-refractivity contribution in [1.29, 1.82) is 0 Å². The van der Waals surface area contributed by atoms with Gasteiger partial charge in [0.1, 0.15) is 5.82 Å². The van der Waals surface area contributed by atoms with E-state index in [9.17, 15) is 0 Å². The molecule has 1 aromatic rings. The van der Waals surface area contributed by atoms with Crippen molar-refractivity contribution >= 4 is 16.7 Å². The number of rotatable bonds is 2. The predicted octanol–water partition coefficient (Wildman–Crippen LogP) is 3.23. The minimum absolute atomic E-state index is 0.537. The minimum atomic E-state index is 0.537. The van der Waals surface area contributed by atoms with Crippen LogP contribution in [0.5, 0.6) is 0 Å². The molecule has 1 fully saturated rings. The Balaban J connectivity index is 1.87. The second-order valence-electron chi connectivity index (χ2n) is 5.23. The second-order valence-corrected chi connectivity index (χ2v) is 5.98. The van der Waals surface area contributed by atoms with E-state index in [4.69, 9.17) is 0 Å². The van der Waals surface area contributed by atoms with Gasteiger partial charge in [0.05, 0.1) is 0 Å². The molecule has 84 valence electrons. The molecule has 4 heteroatoms. The van der Waals surface area contributed by atoms with Gasteiger partial charge < -0.3 is 5.32 Å². The van der Waals surface area contributed by atoms with Crippen molar-refractivity contribution in [2.24, 2.45) is 5.41 Å². The molecular weight excluding hydrogens is 206 g/mol. The normalized spacial score (nSPS) is 21.5. The summed E-state index contributed by atoms with van der Waals surface area (Å²) in [7, 11) is 0. The van der Waals surface area contributed by atoms with E-state index in [1.54, 1.807) is 0 Å². The van der Waals surface area contributed by atoms with Gasteiger partial charge in [-0.25, -0.2) is 4.98 Å². The number of anilines is 1. The fourth-order valence-electron chi connectivity index (χ4n) is 2.07. The van der Waals surface area contributed by atoms with Gasteiger partial charge in [-0.15, -0.1) is 0 Å². The third-order valence-corrected chi connectivity index (χ3v) is 3.93. The number of nitrogens with zero attached hydrogens (tertiary/aromatic N) is 2. The van der Waals surface area contributed by atoms with Gasteiger partial charge in [0, 0.05) is 17.6 Å². The molecular formula is C11H19N3S. The average molecular weight is 225 g/mol. The van der Waals surface area contributed by atoms with Crippen LogP contribution in [0.4, 0.5) is 5.13 Å². The van der Waals surface area contributed by atoms with E-state index in [0.717, 1.165) is 11.0 Å². The smallest absolute Gasteiger partial charge is 0.202 e. The summed E-state index contributed by atoms with van der Waals surface area (Å²) in [6, 6.07) is 0.602. The molecule has 1 N–H and O–H groups in total. The van der Waals surface area contributed by atoms with Crippen LogP contribution in [0.25, 0.3) is 0 Å². The summed E-state index contributed by atoms with van der Waals surface area (Å²) in [6.07, 6.45) is 5.13. The first-order valence-corrected chi connectivity index (χ1v) is 6.39. The Morgan fingerprint density at radius 3 is 2.53 bits per heavy atom. The lowest BCUT2D eigenvalue weighted by molar-refractivity contribution is 0.232. The monoisotopic (exact) mass is 225 g/mol. The maximum absolute atomic E-state index is 4.34. The van der Waals surface area contributed by atoms with Crippen LogP contribution in [0.1, 0.15) is 45.4 Å². The summed E-state index contributed by atoms with van der Waals surface area (Å²) in [5.41, 5.74) is 0.537. The highest BCUT2D eigenvalue weighted by Crippen LogP contribution is 2.36. The van der Waals surface area contributed by atoms with Crippen molar-refractivity contribution in [2.75, 3.05) is 5.32 Å². The summed E-state index contributed by atoms with van der Waals surface area (Å²) in [5.74, 6) is 0.874. The third kappa shape index (κ3) is 2.91. The van der Waals surface area contributed by atoms with Gasteiger partial charge in [-0.1, -0.05) is 13.8 Å². The minimum Gasteiger partial charge on any atom is -0.358 e. The van der Waals surface area contributed by atoms with Crippen LogP contribution in [0.15, 0.2) is 0 Å². The van der Waals surface area contributed by atoms with Crippen LogP contribution in [-0.2, 0) is 0 Å². The number of hydrogen-bond acceptors (Lipinski definition) is 4. The first kappa shape index (κ1) is 10.9. The largest absolute Gasteiger partial charge is 0.358 e. The third-order valence-electron chi connectivity index (χ3n) is 3.19. The predicted molar refractivity (Wildman–Crippen MR) is 64.3 cm³/mol. The highest BCUT2D eigenvalue weighted by atomic mass is 32.1. The summed E-state index contributed by atoms with van der Waals surface area (Å²) in [5, 5.41) is 4.47. The van der Waals surface area contributed by atoms with Crippen LogP contribution in [-0.4, -0.2) is 15.4 Å². The Morgan fingerprint density at radius 2 is 2.00 bits per heavy atom. The Morgan fingerprint density at radius 1 is 1.33 bits per heavy atom. The summed E-state index contributed by atoms with van der Waals surface area (Å²) in [4.78, 5) is 4.34. The van der Waals surface area contributed by atoms with Crippen molar-refractivity contribution in [3.8, 4) is 0 Å². The fraction of sp³-hybridized carbons (Fsp3) is 0.818. The van der Waals surface area contributed by atoms with Crippen molar-refractivity contribution in [2.45, 2.75) is 52.5 Å². The SMILES string of the molecule is Cc1nsc(NC2CCC(C)(C)CC2)n1. The molecule has 0 aromatic carbocycles. The molecule has 1 saturated carbocycles. The number of aryl methyl sites for hydroxylation is 1. The maximum Gasteiger partial charge on any atom is 0.202 e. The molecule has 0 saturated heterocycles. The van der Waals surface area contributed by atoms with Crippen LogP contribution < -0.4 is 5.32 Å². The van der Waals surface area contributed by atoms with Crippen LogP contribution >= 0.6 is 11.5 Å². The quantitative estimate of drug-likeness (QED) is 0.839. The van der Waals surface area contributed by atoms with Gasteiger partial charge in [-0.3, -0.25) is 0 Å². The molecule has 1 aliphatic carbocycles. The maximum atomic E-state index is 4.34. The van der Waals surface area contributed by atoms with Crippen LogP contribution in [0.3, 0.4) is 0 Å². The first-order valence-electron chi connectivity index (χ1n) is 5.62. The molecule has 1 aliphatic rings. The second kappa shape index (κ2) is 4.08. The fourth-order valence-corrected chi connectivity index (χ4v) is 2.73. The standard InChI is InChI=1S/C11H19N3S/c1-8-12-10(15-14-8)13-9-4-6-11(2,3)7-5-9/h9H,4-7H2,1-3H3,(H,12,13,14). The molecule has 1 heterocycles. The van der Waals surface area contributed by atoms with Crippen molar-refractivity contribution < 1.29 is 0 Å². The summed E-state index contributed by atoms with van der Waals surface area (Å²) in [6.45, 7) is 6.66. The summed E-state index contributed by atoms with van der Waals surface area (Å²) >= 11 is 1.47. The Bertz CT molecular complexity index is 322. The van der Waals surface area contributed by atoms with E-state index >= 15 is 0 Å². The Labute approximate surface area is 95.5 Å². The lowest BCUT2D eigenvalue weighted by Gasteiger charge is -2.34. The van der Waals surface area contributed by atoms with Gasteiger partial charge >= 0.3 is 0 Å². The van der Waals surface area contributed by atoms with E-state index in [2.05, 4.69) is 28.5 Å². The lowest BCUT2D eigenvalue weighted by Crippen LogP contribution is -2.29. The molecule has 0 atom stereocenters. The average Bonchev–Trinajstić information content (AvgIpc) is 2.55.